The summed E-state index contributed by atoms with van der Waals surface area (Å²) < 4.78 is 46.4. The lowest BCUT2D eigenvalue weighted by Crippen LogP contribution is -2.14. The number of amides is 1. The summed E-state index contributed by atoms with van der Waals surface area (Å²) in [5.41, 5.74) is 1.57. The molecular weight excluding hydrogens is 315 g/mol. The maximum absolute atomic E-state index is 12.5. The number of benzene rings is 1. The van der Waals surface area contributed by atoms with Crippen LogP contribution in [0.2, 0.25) is 0 Å². The van der Waals surface area contributed by atoms with Gasteiger partial charge < -0.3 is 14.6 Å². The molecule has 0 atom stereocenters. The standard InChI is InChI=1S/C14H14F3N3O3/c1-8-7-9(12-19-13(23-20-12)14(15,16)17)3-4-10(8)18-11(21)5-6-22-2/h3-4,7H,5-6H2,1-2H3,(H,18,21). The van der Waals surface area contributed by atoms with Gasteiger partial charge in [0.25, 0.3) is 0 Å². The highest BCUT2D eigenvalue weighted by Crippen LogP contribution is 2.30. The molecule has 0 saturated carbocycles. The van der Waals surface area contributed by atoms with Gasteiger partial charge in [0.05, 0.1) is 13.0 Å². The molecule has 1 aromatic heterocycles. The average Bonchev–Trinajstić information content (AvgIpc) is 2.97. The Kier molecular flexibility index (Phi) is 4.99. The SMILES string of the molecule is COCCC(=O)Nc1ccc(-c2noc(C(F)(F)F)n2)cc1C. The number of halogens is 3. The molecule has 23 heavy (non-hydrogen) atoms. The lowest BCUT2D eigenvalue weighted by molar-refractivity contribution is -0.159. The third kappa shape index (κ3) is 4.28. The molecule has 0 radical (unpaired) electrons. The third-order valence-electron chi connectivity index (χ3n) is 2.96. The second-order valence-corrected chi connectivity index (χ2v) is 4.74. The van der Waals surface area contributed by atoms with Crippen LogP contribution in [0.1, 0.15) is 17.9 Å². The summed E-state index contributed by atoms with van der Waals surface area (Å²) in [7, 11) is 1.49. The molecule has 0 aliphatic heterocycles. The van der Waals surface area contributed by atoms with Gasteiger partial charge in [0, 0.05) is 18.4 Å². The van der Waals surface area contributed by atoms with E-state index >= 15 is 0 Å². The zero-order valence-corrected chi connectivity index (χ0v) is 12.4. The minimum atomic E-state index is -4.68. The molecule has 1 amide bonds. The Hall–Kier alpha value is -2.42. The van der Waals surface area contributed by atoms with E-state index in [-0.39, 0.29) is 18.2 Å². The van der Waals surface area contributed by atoms with Gasteiger partial charge in [-0.3, -0.25) is 4.79 Å². The molecule has 124 valence electrons. The average molecular weight is 329 g/mol. The Morgan fingerprint density at radius 1 is 1.39 bits per heavy atom. The zero-order chi connectivity index (χ0) is 17.0. The molecule has 0 bridgehead atoms. The fraction of sp³-hybridized carbons (Fsp3) is 0.357. The van der Waals surface area contributed by atoms with Crippen molar-refractivity contribution in [1.82, 2.24) is 10.1 Å². The molecule has 1 heterocycles. The number of nitrogens with one attached hydrogen (secondary N) is 1. The van der Waals surface area contributed by atoms with Crippen LogP contribution in [0.25, 0.3) is 11.4 Å². The molecule has 0 aliphatic carbocycles. The molecule has 1 aromatic carbocycles. The van der Waals surface area contributed by atoms with Crippen molar-refractivity contribution in [3.8, 4) is 11.4 Å². The number of anilines is 1. The fourth-order valence-electron chi connectivity index (χ4n) is 1.81. The summed E-state index contributed by atoms with van der Waals surface area (Å²) in [5, 5.41) is 6.01. The number of aryl methyl sites for hydroxylation is 1. The summed E-state index contributed by atoms with van der Waals surface area (Å²) in [5.74, 6) is -1.79. The Balaban J connectivity index is 2.16. The Bertz CT molecular complexity index is 698. The van der Waals surface area contributed by atoms with Crippen molar-refractivity contribution in [3.63, 3.8) is 0 Å². The van der Waals surface area contributed by atoms with E-state index in [9.17, 15) is 18.0 Å². The van der Waals surface area contributed by atoms with E-state index < -0.39 is 12.1 Å². The Morgan fingerprint density at radius 2 is 2.13 bits per heavy atom. The third-order valence-corrected chi connectivity index (χ3v) is 2.96. The summed E-state index contributed by atoms with van der Waals surface area (Å²) in [6, 6.07) is 4.64. The molecule has 0 fully saturated rings. The lowest BCUT2D eigenvalue weighted by Gasteiger charge is -2.09. The Morgan fingerprint density at radius 3 is 2.70 bits per heavy atom. The van der Waals surface area contributed by atoms with Crippen molar-refractivity contribution in [1.29, 1.82) is 0 Å². The first-order valence-corrected chi connectivity index (χ1v) is 6.62. The maximum atomic E-state index is 12.5. The van der Waals surface area contributed by atoms with E-state index in [1.807, 2.05) is 0 Å². The number of aromatic nitrogens is 2. The highest BCUT2D eigenvalue weighted by molar-refractivity contribution is 5.91. The van der Waals surface area contributed by atoms with Gasteiger partial charge in [0.1, 0.15) is 0 Å². The van der Waals surface area contributed by atoms with Gasteiger partial charge in [-0.05, 0) is 30.7 Å². The van der Waals surface area contributed by atoms with Crippen LogP contribution in [-0.2, 0) is 15.7 Å². The van der Waals surface area contributed by atoms with Crippen LogP contribution in [-0.4, -0.2) is 29.8 Å². The van der Waals surface area contributed by atoms with E-state index in [1.54, 1.807) is 19.1 Å². The predicted molar refractivity (Wildman–Crippen MR) is 74.6 cm³/mol. The number of hydrogen-bond acceptors (Lipinski definition) is 5. The number of alkyl halides is 3. The molecule has 6 nitrogen and oxygen atoms in total. The number of carbonyl (C=O) groups is 1. The second-order valence-electron chi connectivity index (χ2n) is 4.74. The number of methoxy groups -OCH3 is 1. The van der Waals surface area contributed by atoms with Crippen LogP contribution in [0, 0.1) is 6.92 Å². The van der Waals surface area contributed by atoms with Gasteiger partial charge in [-0.25, -0.2) is 0 Å². The van der Waals surface area contributed by atoms with Crippen molar-refractivity contribution in [2.75, 3.05) is 19.0 Å². The van der Waals surface area contributed by atoms with E-state index in [1.165, 1.54) is 13.2 Å². The van der Waals surface area contributed by atoms with Gasteiger partial charge >= 0.3 is 12.1 Å². The normalized spacial score (nSPS) is 11.5. The number of nitrogens with zero attached hydrogens (tertiary/aromatic N) is 2. The van der Waals surface area contributed by atoms with Crippen molar-refractivity contribution < 1.29 is 27.2 Å². The first-order chi connectivity index (χ1) is 10.8. The van der Waals surface area contributed by atoms with Crippen LogP contribution < -0.4 is 5.32 Å². The number of carbonyl (C=O) groups excluding carboxylic acids is 1. The lowest BCUT2D eigenvalue weighted by atomic mass is 10.1. The zero-order valence-electron chi connectivity index (χ0n) is 12.4. The molecular formula is C14H14F3N3O3. The highest BCUT2D eigenvalue weighted by atomic mass is 19.4. The molecule has 1 N–H and O–H groups in total. The first kappa shape index (κ1) is 16.9. The van der Waals surface area contributed by atoms with Crippen LogP contribution in [0.5, 0.6) is 0 Å². The van der Waals surface area contributed by atoms with Crippen molar-refractivity contribution in [2.45, 2.75) is 19.5 Å². The van der Waals surface area contributed by atoms with Crippen LogP contribution in [0.3, 0.4) is 0 Å². The van der Waals surface area contributed by atoms with E-state index in [0.29, 0.717) is 23.4 Å². The second kappa shape index (κ2) is 6.78. The van der Waals surface area contributed by atoms with Crippen molar-refractivity contribution in [3.05, 3.63) is 29.7 Å². The number of ether oxygens (including phenoxy) is 1. The van der Waals surface area contributed by atoms with E-state index in [4.69, 9.17) is 4.74 Å². The first-order valence-electron chi connectivity index (χ1n) is 6.62. The molecule has 2 rings (SSSR count). The smallest absolute Gasteiger partial charge is 0.384 e. The highest BCUT2D eigenvalue weighted by Gasteiger charge is 2.38. The number of rotatable bonds is 5. The van der Waals surface area contributed by atoms with Crippen LogP contribution in [0.4, 0.5) is 18.9 Å². The molecule has 9 heteroatoms. The van der Waals surface area contributed by atoms with E-state index in [0.717, 1.165) is 0 Å². The summed E-state index contributed by atoms with van der Waals surface area (Å²) in [4.78, 5) is 15.0. The monoisotopic (exact) mass is 329 g/mol. The Labute approximate surface area is 129 Å². The van der Waals surface area contributed by atoms with Crippen LogP contribution >= 0.6 is 0 Å². The molecule has 0 aliphatic rings. The quantitative estimate of drug-likeness (QED) is 0.912. The molecule has 0 spiro atoms. The topological polar surface area (TPSA) is 77.2 Å². The van der Waals surface area contributed by atoms with Crippen molar-refractivity contribution >= 4 is 11.6 Å². The summed E-state index contributed by atoms with van der Waals surface area (Å²) in [6.07, 6.45) is -4.48. The van der Waals surface area contributed by atoms with Gasteiger partial charge in [-0.1, -0.05) is 5.16 Å². The molecule has 0 saturated heterocycles. The molecule has 0 unspecified atom stereocenters. The van der Waals surface area contributed by atoms with E-state index in [2.05, 4.69) is 20.0 Å². The maximum Gasteiger partial charge on any atom is 0.471 e. The van der Waals surface area contributed by atoms with Gasteiger partial charge in [-0.2, -0.15) is 18.2 Å². The fourth-order valence-corrected chi connectivity index (χ4v) is 1.81. The predicted octanol–water partition coefficient (Wildman–Crippen LogP) is 3.04. The van der Waals surface area contributed by atoms with Gasteiger partial charge in [-0.15, -0.1) is 0 Å². The summed E-state index contributed by atoms with van der Waals surface area (Å²) >= 11 is 0. The van der Waals surface area contributed by atoms with Crippen LogP contribution in [0.15, 0.2) is 22.7 Å². The minimum Gasteiger partial charge on any atom is -0.384 e. The van der Waals surface area contributed by atoms with Gasteiger partial charge in [0.2, 0.25) is 11.7 Å². The largest absolute Gasteiger partial charge is 0.471 e. The summed E-state index contributed by atoms with van der Waals surface area (Å²) in [6.45, 7) is 2.01. The number of hydrogen-bond donors (Lipinski definition) is 1. The van der Waals surface area contributed by atoms with Crippen molar-refractivity contribution in [2.24, 2.45) is 0 Å². The molecule has 2 aromatic rings. The minimum absolute atomic E-state index is 0.169. The van der Waals surface area contributed by atoms with Gasteiger partial charge in [0.15, 0.2) is 0 Å².